The Labute approximate surface area is 105 Å². The molecule has 0 bridgehead atoms. The molecule has 1 heterocycles. The van der Waals surface area contributed by atoms with E-state index in [-0.39, 0.29) is 21.7 Å². The molecule has 0 aromatic carbocycles. The molecule has 0 fully saturated rings. The number of thiophene rings is 1. The highest BCUT2D eigenvalue weighted by atomic mass is 32.2. The van der Waals surface area contributed by atoms with Crippen molar-refractivity contribution in [2.24, 2.45) is 5.92 Å². The standard InChI is InChI=1S/C10H15NO4S2/c1-6(2)7(3)11-17(14,15)8-4-5-16-9(8)10(12)13/h4-7,11H,1-3H3,(H,12,13). The molecule has 0 aliphatic rings. The third kappa shape index (κ3) is 3.27. The van der Waals surface area contributed by atoms with Gasteiger partial charge in [-0.05, 0) is 24.3 Å². The fraction of sp³-hybridized carbons (Fsp3) is 0.500. The molecule has 0 aliphatic heterocycles. The number of hydrogen-bond acceptors (Lipinski definition) is 4. The Morgan fingerprint density at radius 2 is 2.00 bits per heavy atom. The first-order valence-electron chi connectivity index (χ1n) is 5.09. The van der Waals surface area contributed by atoms with Crippen molar-refractivity contribution in [3.63, 3.8) is 0 Å². The molecule has 17 heavy (non-hydrogen) atoms. The van der Waals surface area contributed by atoms with E-state index in [4.69, 9.17) is 5.11 Å². The van der Waals surface area contributed by atoms with Gasteiger partial charge in [0, 0.05) is 6.04 Å². The van der Waals surface area contributed by atoms with Gasteiger partial charge in [-0.3, -0.25) is 0 Å². The van der Waals surface area contributed by atoms with E-state index < -0.39 is 16.0 Å². The third-order valence-electron chi connectivity index (χ3n) is 2.45. The van der Waals surface area contributed by atoms with Crippen molar-refractivity contribution in [3.8, 4) is 0 Å². The van der Waals surface area contributed by atoms with Crippen molar-refractivity contribution in [1.82, 2.24) is 4.72 Å². The highest BCUT2D eigenvalue weighted by Gasteiger charge is 2.25. The second kappa shape index (κ2) is 5.16. The first-order valence-corrected chi connectivity index (χ1v) is 7.45. The molecule has 0 radical (unpaired) electrons. The van der Waals surface area contributed by atoms with Crippen LogP contribution in [0.3, 0.4) is 0 Å². The molecule has 1 rings (SSSR count). The van der Waals surface area contributed by atoms with Crippen molar-refractivity contribution in [3.05, 3.63) is 16.3 Å². The molecule has 0 saturated carbocycles. The van der Waals surface area contributed by atoms with E-state index in [2.05, 4.69) is 4.72 Å². The highest BCUT2D eigenvalue weighted by molar-refractivity contribution is 7.89. The van der Waals surface area contributed by atoms with E-state index in [1.807, 2.05) is 13.8 Å². The van der Waals surface area contributed by atoms with Crippen LogP contribution in [0.1, 0.15) is 30.4 Å². The summed E-state index contributed by atoms with van der Waals surface area (Å²) in [6.07, 6.45) is 0. The van der Waals surface area contributed by atoms with Crippen LogP contribution in [0.25, 0.3) is 0 Å². The summed E-state index contributed by atoms with van der Waals surface area (Å²) >= 11 is 0.901. The predicted molar refractivity (Wildman–Crippen MR) is 65.9 cm³/mol. The summed E-state index contributed by atoms with van der Waals surface area (Å²) < 4.78 is 26.4. The van der Waals surface area contributed by atoms with Crippen LogP contribution in [-0.4, -0.2) is 25.5 Å². The Morgan fingerprint density at radius 3 is 2.47 bits per heavy atom. The number of nitrogens with one attached hydrogen (secondary N) is 1. The molecule has 0 saturated heterocycles. The van der Waals surface area contributed by atoms with Gasteiger partial charge in [-0.25, -0.2) is 17.9 Å². The van der Waals surface area contributed by atoms with Crippen molar-refractivity contribution in [2.45, 2.75) is 31.7 Å². The maximum absolute atomic E-state index is 12.0. The average Bonchev–Trinajstić information content (AvgIpc) is 2.65. The Balaban J connectivity index is 3.06. The molecule has 2 N–H and O–H groups in total. The number of aromatic carboxylic acids is 1. The third-order valence-corrected chi connectivity index (χ3v) is 5.09. The zero-order valence-electron chi connectivity index (χ0n) is 9.80. The normalized spacial score (nSPS) is 13.9. The zero-order valence-corrected chi connectivity index (χ0v) is 11.4. The van der Waals surface area contributed by atoms with Gasteiger partial charge < -0.3 is 5.11 Å². The monoisotopic (exact) mass is 277 g/mol. The van der Waals surface area contributed by atoms with Gasteiger partial charge in [-0.15, -0.1) is 11.3 Å². The van der Waals surface area contributed by atoms with Crippen LogP contribution in [0.4, 0.5) is 0 Å². The maximum Gasteiger partial charge on any atom is 0.347 e. The largest absolute Gasteiger partial charge is 0.477 e. The minimum atomic E-state index is -3.76. The van der Waals surface area contributed by atoms with Crippen LogP contribution in [0.5, 0.6) is 0 Å². The van der Waals surface area contributed by atoms with Gasteiger partial charge in [-0.1, -0.05) is 13.8 Å². The van der Waals surface area contributed by atoms with Gasteiger partial charge in [0.05, 0.1) is 0 Å². The molecule has 0 amide bonds. The highest BCUT2D eigenvalue weighted by Crippen LogP contribution is 2.22. The van der Waals surface area contributed by atoms with Crippen LogP contribution in [0.15, 0.2) is 16.3 Å². The first kappa shape index (κ1) is 14.1. The summed E-state index contributed by atoms with van der Waals surface area (Å²) in [4.78, 5) is 10.5. The minimum absolute atomic E-state index is 0.136. The molecule has 5 nitrogen and oxygen atoms in total. The van der Waals surface area contributed by atoms with E-state index in [0.717, 1.165) is 11.3 Å². The summed E-state index contributed by atoms with van der Waals surface area (Å²) in [6, 6.07) is 1.06. The number of hydrogen-bond donors (Lipinski definition) is 2. The number of carbonyl (C=O) groups is 1. The van der Waals surface area contributed by atoms with Crippen LogP contribution in [0.2, 0.25) is 0 Å². The van der Waals surface area contributed by atoms with Gasteiger partial charge >= 0.3 is 5.97 Å². The molecule has 0 aliphatic carbocycles. The molecule has 1 atom stereocenters. The molecule has 1 unspecified atom stereocenters. The molecule has 1 aromatic heterocycles. The second-order valence-corrected chi connectivity index (χ2v) is 6.67. The SMILES string of the molecule is CC(C)C(C)NS(=O)(=O)c1ccsc1C(=O)O. The van der Waals surface area contributed by atoms with Crippen LogP contribution < -0.4 is 4.72 Å². The average molecular weight is 277 g/mol. The van der Waals surface area contributed by atoms with Crippen LogP contribution >= 0.6 is 11.3 Å². The fourth-order valence-corrected chi connectivity index (χ4v) is 3.76. The summed E-state index contributed by atoms with van der Waals surface area (Å²) in [5, 5.41) is 10.3. The lowest BCUT2D eigenvalue weighted by molar-refractivity contribution is 0.0698. The Morgan fingerprint density at radius 1 is 1.41 bits per heavy atom. The van der Waals surface area contributed by atoms with E-state index in [1.54, 1.807) is 6.92 Å². The van der Waals surface area contributed by atoms with Crippen LogP contribution in [-0.2, 0) is 10.0 Å². The van der Waals surface area contributed by atoms with Gasteiger partial charge in [0.1, 0.15) is 9.77 Å². The van der Waals surface area contributed by atoms with Gasteiger partial charge in [0.2, 0.25) is 10.0 Å². The zero-order chi connectivity index (χ0) is 13.2. The molecule has 96 valence electrons. The molecule has 7 heteroatoms. The van der Waals surface area contributed by atoms with Crippen molar-refractivity contribution >= 4 is 27.3 Å². The topological polar surface area (TPSA) is 83.5 Å². The molecular formula is C10H15NO4S2. The first-order chi connectivity index (χ1) is 7.75. The van der Waals surface area contributed by atoms with Crippen LogP contribution in [0, 0.1) is 5.92 Å². The smallest absolute Gasteiger partial charge is 0.347 e. The minimum Gasteiger partial charge on any atom is -0.477 e. The predicted octanol–water partition coefficient (Wildman–Crippen LogP) is 1.77. The van der Waals surface area contributed by atoms with Crippen molar-refractivity contribution in [1.29, 1.82) is 0 Å². The summed E-state index contributed by atoms with van der Waals surface area (Å²) in [5.41, 5.74) is 0. The van der Waals surface area contributed by atoms with Gasteiger partial charge in [0.15, 0.2) is 0 Å². The lowest BCUT2D eigenvalue weighted by Gasteiger charge is -2.17. The fourth-order valence-electron chi connectivity index (χ4n) is 1.11. The summed E-state index contributed by atoms with van der Waals surface area (Å²) in [6.45, 7) is 5.52. The number of carboxylic acid groups (broad SMARTS) is 1. The Bertz CT molecular complexity index is 504. The van der Waals surface area contributed by atoms with Crippen molar-refractivity contribution in [2.75, 3.05) is 0 Å². The quantitative estimate of drug-likeness (QED) is 0.859. The van der Waals surface area contributed by atoms with E-state index in [1.165, 1.54) is 11.4 Å². The lowest BCUT2D eigenvalue weighted by atomic mass is 10.1. The summed E-state index contributed by atoms with van der Waals surface area (Å²) in [7, 11) is -3.76. The molecular weight excluding hydrogens is 262 g/mol. The number of sulfonamides is 1. The maximum atomic E-state index is 12.0. The Kier molecular flexibility index (Phi) is 4.29. The van der Waals surface area contributed by atoms with E-state index in [0.29, 0.717) is 0 Å². The van der Waals surface area contributed by atoms with E-state index in [9.17, 15) is 13.2 Å². The summed E-state index contributed by atoms with van der Waals surface area (Å²) in [5.74, 6) is -1.09. The number of rotatable bonds is 5. The second-order valence-electron chi connectivity index (χ2n) is 4.07. The molecule has 0 spiro atoms. The Hall–Kier alpha value is -0.920. The van der Waals surface area contributed by atoms with Gasteiger partial charge in [-0.2, -0.15) is 0 Å². The van der Waals surface area contributed by atoms with Gasteiger partial charge in [0.25, 0.3) is 0 Å². The number of carboxylic acids is 1. The van der Waals surface area contributed by atoms with Crippen molar-refractivity contribution < 1.29 is 18.3 Å². The van der Waals surface area contributed by atoms with E-state index >= 15 is 0 Å². The molecule has 1 aromatic rings. The lowest BCUT2D eigenvalue weighted by Crippen LogP contribution is -2.36.